The van der Waals surface area contributed by atoms with Gasteiger partial charge in [0.05, 0.1) is 17.4 Å². The van der Waals surface area contributed by atoms with E-state index in [4.69, 9.17) is 17.0 Å². The van der Waals surface area contributed by atoms with Gasteiger partial charge in [0.2, 0.25) is 5.91 Å². The molecule has 7 nitrogen and oxygen atoms in total. The van der Waals surface area contributed by atoms with Crippen LogP contribution in [-0.4, -0.2) is 51.2 Å². The Hall–Kier alpha value is -2.00. The lowest BCUT2D eigenvalue weighted by molar-refractivity contribution is -0.151. The summed E-state index contributed by atoms with van der Waals surface area (Å²) in [6.45, 7) is 3.74. The van der Waals surface area contributed by atoms with Crippen molar-refractivity contribution in [2.75, 3.05) is 19.7 Å². The van der Waals surface area contributed by atoms with Gasteiger partial charge in [-0.15, -0.1) is 11.3 Å². The highest BCUT2D eigenvalue weighted by Crippen LogP contribution is 2.23. The first-order valence-corrected chi connectivity index (χ1v) is 10.0. The van der Waals surface area contributed by atoms with Gasteiger partial charge >= 0.3 is 5.97 Å². The van der Waals surface area contributed by atoms with Crippen LogP contribution in [0, 0.1) is 10.7 Å². The van der Waals surface area contributed by atoms with E-state index in [0.29, 0.717) is 37.4 Å². The Morgan fingerprint density at radius 2 is 2.35 bits per heavy atom. The van der Waals surface area contributed by atoms with Gasteiger partial charge < -0.3 is 9.64 Å². The molecule has 3 rings (SSSR count). The molecule has 0 saturated carbocycles. The Bertz CT molecular complexity index is 812. The number of esters is 1. The molecule has 2 aromatic rings. The molecule has 0 bridgehead atoms. The third-order valence-electron chi connectivity index (χ3n) is 4.44. The van der Waals surface area contributed by atoms with E-state index >= 15 is 0 Å². The van der Waals surface area contributed by atoms with Gasteiger partial charge in [-0.3, -0.25) is 19.3 Å². The van der Waals surface area contributed by atoms with Crippen molar-refractivity contribution < 1.29 is 14.3 Å². The highest BCUT2D eigenvalue weighted by Gasteiger charge is 2.29. The normalized spacial score (nSPS) is 17.3. The van der Waals surface area contributed by atoms with E-state index in [0.717, 1.165) is 23.5 Å². The lowest BCUT2D eigenvalue weighted by atomic mass is 9.98. The number of hydrogen-bond donors (Lipinski definition) is 1. The van der Waals surface area contributed by atoms with E-state index in [1.165, 1.54) is 0 Å². The Balaban J connectivity index is 1.62. The van der Waals surface area contributed by atoms with Gasteiger partial charge in [-0.05, 0) is 43.4 Å². The molecule has 0 aliphatic carbocycles. The summed E-state index contributed by atoms with van der Waals surface area (Å²) < 4.78 is 7.45. The number of carbonyl (C=O) groups is 2. The average Bonchev–Trinajstić information content (AvgIpc) is 3.29. The van der Waals surface area contributed by atoms with E-state index in [1.54, 1.807) is 23.2 Å². The highest BCUT2D eigenvalue weighted by molar-refractivity contribution is 7.71. The van der Waals surface area contributed by atoms with Crippen molar-refractivity contribution >= 4 is 35.4 Å². The van der Waals surface area contributed by atoms with Gasteiger partial charge in [-0.1, -0.05) is 6.07 Å². The zero-order chi connectivity index (χ0) is 18.5. The van der Waals surface area contributed by atoms with Gasteiger partial charge in [-0.2, -0.15) is 5.10 Å². The second-order valence-electron chi connectivity index (χ2n) is 6.16. The van der Waals surface area contributed by atoms with Crippen LogP contribution in [0.25, 0.3) is 10.7 Å². The number of piperidine rings is 1. The predicted molar refractivity (Wildman–Crippen MR) is 101 cm³/mol. The number of thiophene rings is 1. The summed E-state index contributed by atoms with van der Waals surface area (Å²) >= 11 is 6.88. The van der Waals surface area contributed by atoms with Crippen molar-refractivity contribution in [2.24, 2.45) is 5.92 Å². The number of ether oxygens (including phenoxy) is 1. The number of H-pyrrole nitrogens is 1. The molecule has 26 heavy (non-hydrogen) atoms. The first-order valence-electron chi connectivity index (χ1n) is 8.73. The number of aromatic nitrogens is 3. The predicted octanol–water partition coefficient (Wildman–Crippen LogP) is 2.86. The third-order valence-corrected chi connectivity index (χ3v) is 5.62. The number of nitrogens with zero attached hydrogens (tertiary/aromatic N) is 3. The number of rotatable bonds is 6. The van der Waals surface area contributed by atoms with Crippen LogP contribution in [0.4, 0.5) is 0 Å². The van der Waals surface area contributed by atoms with Crippen molar-refractivity contribution in [3.05, 3.63) is 22.3 Å². The van der Waals surface area contributed by atoms with E-state index in [9.17, 15) is 9.59 Å². The molecule has 1 N–H and O–H groups in total. The lowest BCUT2D eigenvalue weighted by Crippen LogP contribution is -2.43. The Morgan fingerprint density at radius 1 is 1.50 bits per heavy atom. The molecule has 1 aliphatic rings. The number of nitrogens with one attached hydrogen (secondary N) is 1. The number of amides is 1. The van der Waals surface area contributed by atoms with Crippen LogP contribution >= 0.6 is 23.6 Å². The summed E-state index contributed by atoms with van der Waals surface area (Å²) in [6, 6.07) is 3.93. The Labute approximate surface area is 161 Å². The molecule has 140 valence electrons. The molecule has 1 aliphatic heterocycles. The lowest BCUT2D eigenvalue weighted by Gasteiger charge is -2.31. The van der Waals surface area contributed by atoms with Crippen molar-refractivity contribution in [1.82, 2.24) is 19.7 Å². The smallest absolute Gasteiger partial charge is 0.310 e. The summed E-state index contributed by atoms with van der Waals surface area (Å²) in [4.78, 5) is 27.3. The summed E-state index contributed by atoms with van der Waals surface area (Å²) in [5.41, 5.74) is 0. The first kappa shape index (κ1) is 18.8. The number of aromatic amines is 1. The summed E-state index contributed by atoms with van der Waals surface area (Å²) in [6.07, 6.45) is 1.92. The van der Waals surface area contributed by atoms with Crippen LogP contribution in [0.5, 0.6) is 0 Å². The molecule has 0 radical (unpaired) electrons. The van der Waals surface area contributed by atoms with Gasteiger partial charge in [0.15, 0.2) is 10.6 Å². The zero-order valence-corrected chi connectivity index (χ0v) is 16.3. The quantitative estimate of drug-likeness (QED) is 0.602. The maximum atomic E-state index is 12.6. The van der Waals surface area contributed by atoms with Gasteiger partial charge in [-0.25, -0.2) is 0 Å². The van der Waals surface area contributed by atoms with Crippen LogP contribution in [0.15, 0.2) is 17.5 Å². The van der Waals surface area contributed by atoms with Gasteiger partial charge in [0, 0.05) is 26.1 Å². The molecular weight excluding hydrogens is 372 g/mol. The topological polar surface area (TPSA) is 80.2 Å². The molecule has 1 fully saturated rings. The SMILES string of the molecule is CCOC(=O)C1CCCN(C(=O)CCn2c(-c3cccs3)n[nH]c2=S)C1. The molecular formula is C17H22N4O3S2. The molecule has 1 amide bonds. The van der Waals surface area contributed by atoms with Gasteiger partial charge in [0.1, 0.15) is 0 Å². The Morgan fingerprint density at radius 3 is 3.08 bits per heavy atom. The fourth-order valence-electron chi connectivity index (χ4n) is 3.14. The third kappa shape index (κ3) is 4.21. The fraction of sp³-hybridized carbons (Fsp3) is 0.529. The van der Waals surface area contributed by atoms with Gasteiger partial charge in [0.25, 0.3) is 0 Å². The minimum absolute atomic E-state index is 0.0271. The van der Waals surface area contributed by atoms with Crippen molar-refractivity contribution in [2.45, 2.75) is 32.7 Å². The minimum Gasteiger partial charge on any atom is -0.466 e. The van der Waals surface area contributed by atoms with E-state index in [-0.39, 0.29) is 17.8 Å². The van der Waals surface area contributed by atoms with Crippen LogP contribution < -0.4 is 0 Å². The van der Waals surface area contributed by atoms with E-state index in [2.05, 4.69) is 10.2 Å². The fourth-order valence-corrected chi connectivity index (χ4v) is 4.09. The van der Waals surface area contributed by atoms with Crippen LogP contribution in [0.2, 0.25) is 0 Å². The molecule has 3 heterocycles. The molecule has 0 aromatic carbocycles. The second-order valence-corrected chi connectivity index (χ2v) is 7.50. The van der Waals surface area contributed by atoms with Crippen LogP contribution in [0.1, 0.15) is 26.2 Å². The zero-order valence-electron chi connectivity index (χ0n) is 14.6. The number of carbonyl (C=O) groups excluding carboxylic acids is 2. The van der Waals surface area contributed by atoms with Crippen LogP contribution in [0.3, 0.4) is 0 Å². The molecule has 0 spiro atoms. The average molecular weight is 395 g/mol. The molecule has 1 atom stereocenters. The Kier molecular flexibility index (Phi) is 6.20. The largest absolute Gasteiger partial charge is 0.466 e. The summed E-state index contributed by atoms with van der Waals surface area (Å²) in [5.74, 6) is 0.354. The standard InChI is InChI=1S/C17H22N4O3S2/c1-2-24-16(23)12-5-3-8-20(11-12)14(22)7-9-21-15(18-19-17(21)25)13-6-4-10-26-13/h4,6,10,12H,2-3,5,7-9,11H2,1H3,(H,19,25). The minimum atomic E-state index is -0.217. The van der Waals surface area contributed by atoms with E-state index < -0.39 is 0 Å². The summed E-state index contributed by atoms with van der Waals surface area (Å²) in [5, 5.41) is 9.05. The van der Waals surface area contributed by atoms with Crippen LogP contribution in [-0.2, 0) is 20.9 Å². The number of hydrogen-bond acceptors (Lipinski definition) is 6. The monoisotopic (exact) mass is 394 g/mol. The summed E-state index contributed by atoms with van der Waals surface area (Å²) in [7, 11) is 0. The maximum absolute atomic E-state index is 12.6. The number of likely N-dealkylation sites (tertiary alicyclic amines) is 1. The molecule has 1 unspecified atom stereocenters. The first-order chi connectivity index (χ1) is 12.6. The molecule has 1 saturated heterocycles. The van der Waals surface area contributed by atoms with Crippen molar-refractivity contribution in [3.63, 3.8) is 0 Å². The van der Waals surface area contributed by atoms with Crippen molar-refractivity contribution in [3.8, 4) is 10.7 Å². The second kappa shape index (κ2) is 8.59. The highest BCUT2D eigenvalue weighted by atomic mass is 32.1. The van der Waals surface area contributed by atoms with Crippen molar-refractivity contribution in [1.29, 1.82) is 0 Å². The molecule has 9 heteroatoms. The molecule has 2 aromatic heterocycles. The van der Waals surface area contributed by atoms with E-state index in [1.807, 2.05) is 22.1 Å². The maximum Gasteiger partial charge on any atom is 0.310 e.